The van der Waals surface area contributed by atoms with Gasteiger partial charge >= 0.3 is 0 Å². The molecule has 2 nitrogen and oxygen atoms in total. The maximum absolute atomic E-state index is 2.65. The highest BCUT2D eigenvalue weighted by Gasteiger charge is 2.41. The number of rotatable bonds is 6. The van der Waals surface area contributed by atoms with E-state index in [1.54, 1.807) is 0 Å². The molecule has 32 heavy (non-hydrogen) atoms. The quantitative estimate of drug-likeness (QED) is 0.436. The number of hydrogen-bond donors (Lipinski definition) is 0. The zero-order valence-electron chi connectivity index (χ0n) is 19.9. The highest BCUT2D eigenvalue weighted by atomic mass is 32.2. The fourth-order valence-electron chi connectivity index (χ4n) is 6.04. The average molecular weight is 446 g/mol. The highest BCUT2D eigenvalue weighted by molar-refractivity contribution is 8.14. The van der Waals surface area contributed by atoms with E-state index in [2.05, 4.69) is 84.9 Å². The Bertz CT molecular complexity index is 1090. The minimum Gasteiger partial charge on any atom is -0.344 e. The molecule has 0 N–H and O–H groups in total. The monoisotopic (exact) mass is 445 g/mol. The fraction of sp³-hybridized carbons (Fsp3) is 0.483. The van der Waals surface area contributed by atoms with Gasteiger partial charge < -0.3 is 4.90 Å². The first-order valence-electron chi connectivity index (χ1n) is 12.5. The molecular formula is C29H37N2S+. The van der Waals surface area contributed by atoms with Crippen LogP contribution in [0.15, 0.2) is 60.3 Å². The van der Waals surface area contributed by atoms with Crippen LogP contribution in [0, 0.1) is 5.92 Å². The van der Waals surface area contributed by atoms with Crippen molar-refractivity contribution < 1.29 is 4.58 Å². The Balaban J connectivity index is 1.54. The van der Waals surface area contributed by atoms with Crippen LogP contribution in [0.3, 0.4) is 0 Å². The molecule has 2 aromatic carbocycles. The van der Waals surface area contributed by atoms with Gasteiger partial charge in [-0.1, -0.05) is 87.7 Å². The standard InChI is InChI=1S/C29H37N2S/c1-4-30-20-21-32-27(30)15-9-14-26-29(2,3)28-24-13-8-7-12-23(24)16-17-25(28)31(26)19-18-22-10-5-6-11-22/h7-9,12-17,22H,4-6,10-11,18-21H2,1-3H3/q+1. The topological polar surface area (TPSA) is 6.25 Å². The summed E-state index contributed by atoms with van der Waals surface area (Å²) < 4.78 is 2.49. The molecule has 0 atom stereocenters. The summed E-state index contributed by atoms with van der Waals surface area (Å²) >= 11 is 1.99. The summed E-state index contributed by atoms with van der Waals surface area (Å²) in [6.45, 7) is 10.5. The van der Waals surface area contributed by atoms with Crippen LogP contribution in [-0.2, 0) is 5.41 Å². The second-order valence-corrected chi connectivity index (χ2v) is 11.2. The molecule has 3 aliphatic rings. The highest BCUT2D eigenvalue weighted by Crippen LogP contribution is 2.51. The molecule has 168 valence electrons. The molecule has 1 saturated carbocycles. The molecule has 1 aliphatic carbocycles. The van der Waals surface area contributed by atoms with Crippen molar-refractivity contribution in [2.24, 2.45) is 5.92 Å². The van der Waals surface area contributed by atoms with Crippen molar-refractivity contribution in [2.75, 3.05) is 30.3 Å². The van der Waals surface area contributed by atoms with Gasteiger partial charge in [-0.15, -0.1) is 0 Å². The van der Waals surface area contributed by atoms with Crippen molar-refractivity contribution in [1.29, 1.82) is 0 Å². The number of thioether (sulfide) groups is 1. The molecule has 0 amide bonds. The van der Waals surface area contributed by atoms with Crippen molar-refractivity contribution in [2.45, 2.75) is 58.3 Å². The van der Waals surface area contributed by atoms with Crippen molar-refractivity contribution in [1.82, 2.24) is 0 Å². The van der Waals surface area contributed by atoms with Crippen LogP contribution in [0.1, 0.15) is 58.4 Å². The molecule has 2 heterocycles. The van der Waals surface area contributed by atoms with Gasteiger partial charge in [0.1, 0.15) is 6.54 Å². The smallest absolute Gasteiger partial charge is 0.234 e. The summed E-state index contributed by atoms with van der Waals surface area (Å²) in [4.78, 5) is 2.65. The molecule has 0 unspecified atom stereocenters. The molecule has 2 aromatic rings. The molecule has 0 saturated heterocycles. The van der Waals surface area contributed by atoms with Crippen LogP contribution < -0.4 is 4.90 Å². The molecule has 0 radical (unpaired) electrons. The molecule has 0 aromatic heterocycles. The fourth-order valence-corrected chi connectivity index (χ4v) is 7.14. The summed E-state index contributed by atoms with van der Waals surface area (Å²) in [5, 5.41) is 4.18. The zero-order chi connectivity index (χ0) is 22.1. The first kappa shape index (κ1) is 21.8. The predicted octanol–water partition coefficient (Wildman–Crippen LogP) is 7.14. The van der Waals surface area contributed by atoms with E-state index in [0.29, 0.717) is 0 Å². The minimum atomic E-state index is -0.00581. The van der Waals surface area contributed by atoms with Gasteiger partial charge in [-0.25, -0.2) is 4.58 Å². The van der Waals surface area contributed by atoms with Gasteiger partial charge in [-0.2, -0.15) is 0 Å². The van der Waals surface area contributed by atoms with E-state index >= 15 is 0 Å². The van der Waals surface area contributed by atoms with Crippen molar-refractivity contribution in [3.05, 3.63) is 65.9 Å². The zero-order valence-corrected chi connectivity index (χ0v) is 20.8. The van der Waals surface area contributed by atoms with Crippen LogP contribution >= 0.6 is 11.8 Å². The van der Waals surface area contributed by atoms with E-state index < -0.39 is 0 Å². The van der Waals surface area contributed by atoms with Gasteiger partial charge in [0.2, 0.25) is 5.04 Å². The van der Waals surface area contributed by atoms with Crippen molar-refractivity contribution in [3.63, 3.8) is 0 Å². The lowest BCUT2D eigenvalue weighted by Crippen LogP contribution is -2.28. The number of allylic oxidation sites excluding steroid dienone is 3. The van der Waals surface area contributed by atoms with Gasteiger partial charge in [0.25, 0.3) is 0 Å². The molecular weight excluding hydrogens is 408 g/mol. The Morgan fingerprint density at radius 3 is 2.75 bits per heavy atom. The predicted molar refractivity (Wildman–Crippen MR) is 141 cm³/mol. The van der Waals surface area contributed by atoms with Gasteiger partial charge in [0, 0.05) is 29.4 Å². The SMILES string of the molecule is CC[N+]1=C(/C=C/C=C2/N(CCC3CCCC3)c3ccc4ccccc4c3C2(C)C)SCC1. The number of benzene rings is 2. The number of fused-ring (bicyclic) bond motifs is 3. The Labute approximate surface area is 198 Å². The van der Waals surface area contributed by atoms with E-state index in [4.69, 9.17) is 0 Å². The first-order chi connectivity index (χ1) is 15.6. The lowest BCUT2D eigenvalue weighted by atomic mass is 9.81. The van der Waals surface area contributed by atoms with Crippen LogP contribution in [0.4, 0.5) is 5.69 Å². The van der Waals surface area contributed by atoms with Crippen LogP contribution in [0.25, 0.3) is 10.8 Å². The molecule has 0 spiro atoms. The van der Waals surface area contributed by atoms with Crippen molar-refractivity contribution >= 4 is 33.3 Å². The summed E-state index contributed by atoms with van der Waals surface area (Å²) in [5.74, 6) is 2.11. The van der Waals surface area contributed by atoms with Gasteiger partial charge in [0.15, 0.2) is 6.54 Å². The Hall–Kier alpha value is -2.00. The Kier molecular flexibility index (Phi) is 6.20. The normalized spacial score (nSPS) is 22.2. The third-order valence-corrected chi connectivity index (χ3v) is 8.86. The summed E-state index contributed by atoms with van der Waals surface area (Å²) in [6, 6.07) is 13.6. The van der Waals surface area contributed by atoms with Crippen molar-refractivity contribution in [3.8, 4) is 0 Å². The number of nitrogens with zero attached hydrogens (tertiary/aromatic N) is 2. The van der Waals surface area contributed by atoms with Crippen LogP contribution in [-0.4, -0.2) is 35.0 Å². The summed E-state index contributed by atoms with van der Waals surface area (Å²) in [7, 11) is 0. The summed E-state index contributed by atoms with van der Waals surface area (Å²) in [5.41, 5.74) is 4.36. The first-order valence-corrected chi connectivity index (χ1v) is 13.5. The van der Waals surface area contributed by atoms with Crippen LogP contribution in [0.2, 0.25) is 0 Å². The second kappa shape index (κ2) is 9.09. The van der Waals surface area contributed by atoms with Gasteiger partial charge in [-0.3, -0.25) is 0 Å². The lowest BCUT2D eigenvalue weighted by molar-refractivity contribution is -0.513. The third-order valence-electron chi connectivity index (χ3n) is 7.79. The average Bonchev–Trinajstić information content (AvgIpc) is 3.52. The second-order valence-electron chi connectivity index (χ2n) is 10.1. The Morgan fingerprint density at radius 1 is 1.12 bits per heavy atom. The Morgan fingerprint density at radius 2 is 1.94 bits per heavy atom. The van der Waals surface area contributed by atoms with E-state index in [1.165, 1.54) is 77.2 Å². The summed E-state index contributed by atoms with van der Waals surface area (Å²) in [6.07, 6.45) is 14.0. The van der Waals surface area contributed by atoms with E-state index in [9.17, 15) is 0 Å². The number of anilines is 1. The molecule has 1 fully saturated rings. The maximum Gasteiger partial charge on any atom is 0.234 e. The van der Waals surface area contributed by atoms with Gasteiger partial charge in [0.05, 0.1) is 5.75 Å². The molecule has 5 rings (SSSR count). The molecule has 3 heteroatoms. The van der Waals surface area contributed by atoms with E-state index in [1.807, 2.05) is 11.8 Å². The van der Waals surface area contributed by atoms with E-state index in [0.717, 1.165) is 19.0 Å². The lowest BCUT2D eigenvalue weighted by Gasteiger charge is -2.28. The maximum atomic E-state index is 2.65. The van der Waals surface area contributed by atoms with Gasteiger partial charge in [-0.05, 0) is 47.7 Å². The largest absolute Gasteiger partial charge is 0.344 e. The molecule has 0 bridgehead atoms. The third kappa shape index (κ3) is 3.94. The number of hydrogen-bond acceptors (Lipinski definition) is 2. The minimum absolute atomic E-state index is 0.00581. The van der Waals surface area contributed by atoms with Crippen LogP contribution in [0.5, 0.6) is 0 Å². The van der Waals surface area contributed by atoms with E-state index in [-0.39, 0.29) is 5.41 Å². The molecule has 2 aliphatic heterocycles.